The Morgan fingerprint density at radius 2 is 1.92 bits per heavy atom. The van der Waals surface area contributed by atoms with Gasteiger partial charge in [0.2, 0.25) is 5.91 Å². The van der Waals surface area contributed by atoms with Crippen LogP contribution >= 0.6 is 0 Å². The summed E-state index contributed by atoms with van der Waals surface area (Å²) in [6.45, 7) is 0.688. The van der Waals surface area contributed by atoms with E-state index in [4.69, 9.17) is 4.42 Å². The molecule has 0 aliphatic heterocycles. The highest BCUT2D eigenvalue weighted by Crippen LogP contribution is 2.08. The molecule has 2 N–H and O–H groups in total. The number of nitrogens with zero attached hydrogens (tertiary/aromatic N) is 2. The lowest BCUT2D eigenvalue weighted by molar-refractivity contribution is -0.121. The van der Waals surface area contributed by atoms with Crippen molar-refractivity contribution in [3.8, 4) is 5.69 Å². The van der Waals surface area contributed by atoms with Gasteiger partial charge in [-0.1, -0.05) is 12.1 Å². The van der Waals surface area contributed by atoms with Gasteiger partial charge in [0.15, 0.2) is 5.76 Å². The van der Waals surface area contributed by atoms with Crippen LogP contribution in [0.25, 0.3) is 5.69 Å². The summed E-state index contributed by atoms with van der Waals surface area (Å²) in [6, 6.07) is 12.8. The summed E-state index contributed by atoms with van der Waals surface area (Å²) >= 11 is 0. The molecule has 25 heavy (non-hydrogen) atoms. The average Bonchev–Trinajstić information content (AvgIpc) is 3.34. The molecule has 0 saturated carbocycles. The largest absolute Gasteiger partial charge is 0.459 e. The molecule has 7 heteroatoms. The third kappa shape index (κ3) is 4.57. The van der Waals surface area contributed by atoms with E-state index in [2.05, 4.69) is 15.7 Å². The summed E-state index contributed by atoms with van der Waals surface area (Å²) in [5, 5.41) is 9.62. The highest BCUT2D eigenvalue weighted by atomic mass is 16.3. The fraction of sp³-hybridized carbons (Fsp3) is 0.167. The Morgan fingerprint density at radius 1 is 1.08 bits per heavy atom. The van der Waals surface area contributed by atoms with Crippen molar-refractivity contribution in [1.29, 1.82) is 0 Å². The summed E-state index contributed by atoms with van der Waals surface area (Å²) < 4.78 is 6.74. The molecule has 0 aliphatic rings. The van der Waals surface area contributed by atoms with Gasteiger partial charge in [0, 0.05) is 31.9 Å². The predicted molar refractivity (Wildman–Crippen MR) is 91.1 cm³/mol. The van der Waals surface area contributed by atoms with Gasteiger partial charge in [-0.3, -0.25) is 9.59 Å². The topological polar surface area (TPSA) is 89.2 Å². The molecule has 2 amide bonds. The van der Waals surface area contributed by atoms with E-state index in [9.17, 15) is 9.59 Å². The maximum absolute atomic E-state index is 11.8. The Kier molecular flexibility index (Phi) is 5.26. The molecule has 1 aromatic carbocycles. The van der Waals surface area contributed by atoms with Crippen LogP contribution in [0.2, 0.25) is 0 Å². The molecule has 2 heterocycles. The standard InChI is InChI=1S/C18H18N4O3/c23-17(8-10-19-18(24)16-3-1-12-25-16)20-13-14-4-6-15(7-5-14)22-11-2-9-21-22/h1-7,9,11-12H,8,10,13H2,(H,19,24)(H,20,23). The zero-order chi connectivity index (χ0) is 17.5. The fourth-order valence-corrected chi connectivity index (χ4v) is 2.26. The first-order chi connectivity index (χ1) is 12.2. The molecule has 128 valence electrons. The van der Waals surface area contributed by atoms with Crippen LogP contribution in [0.1, 0.15) is 22.5 Å². The lowest BCUT2D eigenvalue weighted by Crippen LogP contribution is -2.30. The zero-order valence-corrected chi connectivity index (χ0v) is 13.5. The number of nitrogens with one attached hydrogen (secondary N) is 2. The van der Waals surface area contributed by atoms with Crippen LogP contribution in [0.4, 0.5) is 0 Å². The van der Waals surface area contributed by atoms with Gasteiger partial charge in [0.1, 0.15) is 0 Å². The maximum atomic E-state index is 11.8. The van der Waals surface area contributed by atoms with Crippen LogP contribution in [0.5, 0.6) is 0 Å². The predicted octanol–water partition coefficient (Wildman–Crippen LogP) is 1.90. The molecule has 0 bridgehead atoms. The summed E-state index contributed by atoms with van der Waals surface area (Å²) in [4.78, 5) is 23.5. The molecule has 0 aliphatic carbocycles. The molecule has 0 radical (unpaired) electrons. The van der Waals surface area contributed by atoms with Crippen molar-refractivity contribution in [2.24, 2.45) is 0 Å². The number of hydrogen-bond donors (Lipinski definition) is 2. The Hall–Kier alpha value is -3.35. The second-order valence-electron chi connectivity index (χ2n) is 5.38. The summed E-state index contributed by atoms with van der Waals surface area (Å²) in [5.41, 5.74) is 1.95. The molecular formula is C18H18N4O3. The van der Waals surface area contributed by atoms with Crippen molar-refractivity contribution >= 4 is 11.8 Å². The second kappa shape index (κ2) is 7.96. The van der Waals surface area contributed by atoms with E-state index in [1.54, 1.807) is 23.0 Å². The molecular weight excluding hydrogens is 320 g/mol. The first-order valence-corrected chi connectivity index (χ1v) is 7.90. The zero-order valence-electron chi connectivity index (χ0n) is 13.5. The van der Waals surface area contributed by atoms with Gasteiger partial charge in [0.25, 0.3) is 5.91 Å². The number of amides is 2. The van der Waals surface area contributed by atoms with Crippen molar-refractivity contribution in [3.05, 3.63) is 72.4 Å². The van der Waals surface area contributed by atoms with Crippen molar-refractivity contribution in [2.75, 3.05) is 6.54 Å². The lowest BCUT2D eigenvalue weighted by atomic mass is 10.2. The normalized spacial score (nSPS) is 10.4. The summed E-state index contributed by atoms with van der Waals surface area (Å²) in [7, 11) is 0. The SMILES string of the molecule is O=C(CCNC(=O)c1ccco1)NCc1ccc(-n2cccn2)cc1. The third-order valence-electron chi connectivity index (χ3n) is 3.58. The summed E-state index contributed by atoms with van der Waals surface area (Å²) in [5.74, 6) is -0.222. The lowest BCUT2D eigenvalue weighted by Gasteiger charge is -2.07. The van der Waals surface area contributed by atoms with Crippen molar-refractivity contribution in [1.82, 2.24) is 20.4 Å². The van der Waals surface area contributed by atoms with Gasteiger partial charge >= 0.3 is 0 Å². The minimum atomic E-state index is -0.327. The molecule has 0 unspecified atom stereocenters. The van der Waals surface area contributed by atoms with Crippen LogP contribution < -0.4 is 10.6 Å². The van der Waals surface area contributed by atoms with Crippen LogP contribution in [0.3, 0.4) is 0 Å². The number of carbonyl (C=O) groups is 2. The van der Waals surface area contributed by atoms with Gasteiger partial charge in [-0.05, 0) is 35.9 Å². The average molecular weight is 338 g/mol. The first kappa shape index (κ1) is 16.5. The molecule has 0 atom stereocenters. The second-order valence-corrected chi connectivity index (χ2v) is 5.38. The number of aromatic nitrogens is 2. The van der Waals surface area contributed by atoms with Crippen LogP contribution in [0, 0.1) is 0 Å². The van der Waals surface area contributed by atoms with E-state index in [1.165, 1.54) is 6.26 Å². The Labute approximate surface area is 144 Å². The third-order valence-corrected chi connectivity index (χ3v) is 3.58. The fourth-order valence-electron chi connectivity index (χ4n) is 2.26. The van der Waals surface area contributed by atoms with Gasteiger partial charge in [-0.15, -0.1) is 0 Å². The number of furan rings is 1. The maximum Gasteiger partial charge on any atom is 0.286 e. The van der Waals surface area contributed by atoms with Crippen LogP contribution in [-0.2, 0) is 11.3 Å². The van der Waals surface area contributed by atoms with E-state index in [1.807, 2.05) is 36.5 Å². The van der Waals surface area contributed by atoms with Crippen molar-refractivity contribution in [3.63, 3.8) is 0 Å². The van der Waals surface area contributed by atoms with Gasteiger partial charge in [0.05, 0.1) is 12.0 Å². The molecule has 7 nitrogen and oxygen atoms in total. The van der Waals surface area contributed by atoms with E-state index in [0.717, 1.165) is 11.3 Å². The number of rotatable bonds is 7. The molecule has 3 aromatic rings. The summed E-state index contributed by atoms with van der Waals surface area (Å²) in [6.07, 6.45) is 5.23. The molecule has 0 saturated heterocycles. The highest BCUT2D eigenvalue weighted by molar-refractivity contribution is 5.91. The monoisotopic (exact) mass is 338 g/mol. The Morgan fingerprint density at radius 3 is 2.60 bits per heavy atom. The Balaban J connectivity index is 1.39. The minimum absolute atomic E-state index is 0.129. The van der Waals surface area contributed by atoms with E-state index in [0.29, 0.717) is 6.54 Å². The minimum Gasteiger partial charge on any atom is -0.459 e. The number of carbonyl (C=O) groups excluding carboxylic acids is 2. The van der Waals surface area contributed by atoms with Gasteiger partial charge in [-0.2, -0.15) is 5.10 Å². The molecule has 0 fully saturated rings. The van der Waals surface area contributed by atoms with E-state index in [-0.39, 0.29) is 30.5 Å². The van der Waals surface area contributed by atoms with Crippen LogP contribution in [-0.4, -0.2) is 28.1 Å². The smallest absolute Gasteiger partial charge is 0.286 e. The first-order valence-electron chi connectivity index (χ1n) is 7.90. The van der Waals surface area contributed by atoms with Crippen molar-refractivity contribution < 1.29 is 14.0 Å². The quantitative estimate of drug-likeness (QED) is 0.688. The van der Waals surface area contributed by atoms with Crippen LogP contribution in [0.15, 0.2) is 65.5 Å². The Bertz CT molecular complexity index is 809. The van der Waals surface area contributed by atoms with E-state index >= 15 is 0 Å². The van der Waals surface area contributed by atoms with E-state index < -0.39 is 0 Å². The van der Waals surface area contributed by atoms with Gasteiger partial charge in [-0.25, -0.2) is 4.68 Å². The molecule has 3 rings (SSSR count). The highest BCUT2D eigenvalue weighted by Gasteiger charge is 2.08. The number of benzene rings is 1. The van der Waals surface area contributed by atoms with Crippen molar-refractivity contribution in [2.45, 2.75) is 13.0 Å². The molecule has 0 spiro atoms. The molecule has 2 aromatic heterocycles. The van der Waals surface area contributed by atoms with Gasteiger partial charge < -0.3 is 15.1 Å². The number of hydrogen-bond acceptors (Lipinski definition) is 4.